The van der Waals surface area contributed by atoms with Crippen LogP contribution in [-0.2, 0) is 16.8 Å². The van der Waals surface area contributed by atoms with E-state index in [-0.39, 0.29) is 17.9 Å². The van der Waals surface area contributed by atoms with Crippen LogP contribution in [0.4, 0.5) is 5.69 Å². The molecule has 0 radical (unpaired) electrons. The van der Waals surface area contributed by atoms with Gasteiger partial charge in [-0.05, 0) is 42.2 Å². The second-order valence-electron chi connectivity index (χ2n) is 12.8. The summed E-state index contributed by atoms with van der Waals surface area (Å²) in [6.45, 7) is 12.4. The molecule has 0 aliphatic carbocycles. The average Bonchev–Trinajstić information content (AvgIpc) is 3.39. The van der Waals surface area contributed by atoms with Crippen molar-refractivity contribution in [1.29, 1.82) is 0 Å². The van der Waals surface area contributed by atoms with Crippen molar-refractivity contribution >= 4 is 22.9 Å². The third kappa shape index (κ3) is 13.1. The number of ether oxygens (including phenoxy) is 2. The first-order valence-electron chi connectivity index (χ1n) is 16.5. The molecule has 0 fully saturated rings. The highest BCUT2D eigenvalue weighted by Crippen LogP contribution is 2.34. The van der Waals surface area contributed by atoms with Crippen LogP contribution >= 0.6 is 11.3 Å². The molecule has 0 atom stereocenters. The monoisotopic (exact) mass is 607 g/mol. The standard InChI is InChI=1S/C37H54N2O3S/c1-6-7-8-9-10-11-12-13-14-15-16-17-24-41-35-23-22-33(25-34(35)37(3,4)5)42-27-36(40)38-32-20-18-31(19-21-32)26-39-29-43-28-30(39)2/h18-23,25,28-29H,6-17,24,26-27H2,1-5H3/p+1. The first-order valence-corrected chi connectivity index (χ1v) is 17.4. The van der Waals surface area contributed by atoms with Crippen molar-refractivity contribution in [2.24, 2.45) is 0 Å². The van der Waals surface area contributed by atoms with Crippen LogP contribution in [-0.4, -0.2) is 19.1 Å². The van der Waals surface area contributed by atoms with Gasteiger partial charge in [-0.2, -0.15) is 4.57 Å². The largest absolute Gasteiger partial charge is 0.493 e. The molecule has 3 aromatic rings. The topological polar surface area (TPSA) is 51.4 Å². The summed E-state index contributed by atoms with van der Waals surface area (Å²) in [6, 6.07) is 13.9. The highest BCUT2D eigenvalue weighted by Gasteiger charge is 2.20. The van der Waals surface area contributed by atoms with Gasteiger partial charge in [-0.3, -0.25) is 4.79 Å². The second kappa shape index (κ2) is 18.7. The van der Waals surface area contributed by atoms with Crippen LogP contribution < -0.4 is 19.4 Å². The highest BCUT2D eigenvalue weighted by molar-refractivity contribution is 7.07. The van der Waals surface area contributed by atoms with Crippen LogP contribution in [0.25, 0.3) is 0 Å². The quantitative estimate of drug-likeness (QED) is 0.103. The molecule has 43 heavy (non-hydrogen) atoms. The van der Waals surface area contributed by atoms with Gasteiger partial charge in [0, 0.05) is 23.7 Å². The summed E-state index contributed by atoms with van der Waals surface area (Å²) < 4.78 is 14.3. The third-order valence-corrected chi connectivity index (χ3v) is 8.71. The molecule has 2 aromatic carbocycles. The van der Waals surface area contributed by atoms with E-state index in [9.17, 15) is 4.79 Å². The van der Waals surface area contributed by atoms with Gasteiger partial charge in [0.25, 0.3) is 5.91 Å². The van der Waals surface area contributed by atoms with E-state index in [1.54, 1.807) is 11.3 Å². The number of rotatable bonds is 20. The van der Waals surface area contributed by atoms with Crippen molar-refractivity contribution in [3.8, 4) is 11.5 Å². The highest BCUT2D eigenvalue weighted by atomic mass is 32.1. The van der Waals surface area contributed by atoms with Gasteiger partial charge in [0.2, 0.25) is 5.51 Å². The summed E-state index contributed by atoms with van der Waals surface area (Å²) >= 11 is 1.70. The van der Waals surface area contributed by atoms with E-state index in [0.29, 0.717) is 5.75 Å². The molecule has 0 unspecified atom stereocenters. The van der Waals surface area contributed by atoms with Gasteiger partial charge in [-0.25, -0.2) is 0 Å². The maximum absolute atomic E-state index is 12.6. The predicted molar refractivity (Wildman–Crippen MR) is 181 cm³/mol. The molecular weight excluding hydrogens is 552 g/mol. The lowest BCUT2D eigenvalue weighted by Crippen LogP contribution is -2.34. The number of nitrogens with zero attached hydrogens (tertiary/aromatic N) is 1. The Morgan fingerprint density at radius 1 is 0.837 bits per heavy atom. The molecule has 236 valence electrons. The minimum absolute atomic E-state index is 0.0473. The van der Waals surface area contributed by atoms with Gasteiger partial charge in [0.1, 0.15) is 11.5 Å². The van der Waals surface area contributed by atoms with Crippen LogP contribution in [0.3, 0.4) is 0 Å². The van der Waals surface area contributed by atoms with Gasteiger partial charge in [-0.15, -0.1) is 0 Å². The van der Waals surface area contributed by atoms with Crippen LogP contribution in [0, 0.1) is 6.92 Å². The van der Waals surface area contributed by atoms with E-state index >= 15 is 0 Å². The van der Waals surface area contributed by atoms with Crippen LogP contribution in [0.2, 0.25) is 0 Å². The summed E-state index contributed by atoms with van der Waals surface area (Å²) in [7, 11) is 0. The van der Waals surface area contributed by atoms with Crippen molar-refractivity contribution in [3.63, 3.8) is 0 Å². The molecular formula is C37H55N2O3S+. The van der Waals surface area contributed by atoms with Gasteiger partial charge in [0.05, 0.1) is 12.0 Å². The number of carbonyl (C=O) groups excluding carboxylic acids is 1. The Labute approximate surface area is 265 Å². The lowest BCUT2D eigenvalue weighted by atomic mass is 9.86. The maximum atomic E-state index is 12.6. The fraction of sp³-hybridized carbons (Fsp3) is 0.568. The van der Waals surface area contributed by atoms with Crippen LogP contribution in [0.5, 0.6) is 11.5 Å². The van der Waals surface area contributed by atoms with Gasteiger partial charge in [-0.1, -0.05) is 122 Å². The maximum Gasteiger partial charge on any atom is 0.262 e. The Kier molecular flexibility index (Phi) is 15.1. The number of aryl methyl sites for hydroxylation is 1. The third-order valence-electron chi connectivity index (χ3n) is 7.85. The van der Waals surface area contributed by atoms with E-state index < -0.39 is 0 Å². The summed E-state index contributed by atoms with van der Waals surface area (Å²) in [4.78, 5) is 12.6. The molecule has 6 heteroatoms. The summed E-state index contributed by atoms with van der Waals surface area (Å²) in [5.74, 6) is 1.40. The Morgan fingerprint density at radius 2 is 1.47 bits per heavy atom. The fourth-order valence-electron chi connectivity index (χ4n) is 5.19. The summed E-state index contributed by atoms with van der Waals surface area (Å²) in [5, 5.41) is 5.08. The predicted octanol–water partition coefficient (Wildman–Crippen LogP) is 9.79. The summed E-state index contributed by atoms with van der Waals surface area (Å²) in [5.41, 5.74) is 6.31. The summed E-state index contributed by atoms with van der Waals surface area (Å²) in [6.07, 6.45) is 16.0. The molecule has 0 bridgehead atoms. The number of hydrogen-bond acceptors (Lipinski definition) is 4. The number of amides is 1. The molecule has 1 aromatic heterocycles. The van der Waals surface area contributed by atoms with Crippen molar-refractivity contribution < 1.29 is 18.8 Å². The van der Waals surface area contributed by atoms with E-state index in [1.165, 1.54) is 81.9 Å². The first-order chi connectivity index (χ1) is 20.8. The fourth-order valence-corrected chi connectivity index (χ4v) is 5.97. The van der Waals surface area contributed by atoms with Gasteiger partial charge in [0.15, 0.2) is 18.8 Å². The number of unbranched alkanes of at least 4 members (excludes halogenated alkanes) is 11. The van der Waals surface area contributed by atoms with Crippen molar-refractivity contribution in [3.05, 3.63) is 70.2 Å². The van der Waals surface area contributed by atoms with Gasteiger partial charge >= 0.3 is 0 Å². The lowest BCUT2D eigenvalue weighted by Gasteiger charge is -2.24. The van der Waals surface area contributed by atoms with Crippen LogP contribution in [0.15, 0.2) is 53.4 Å². The molecule has 1 amide bonds. The van der Waals surface area contributed by atoms with Crippen molar-refractivity contribution in [2.75, 3.05) is 18.5 Å². The number of thiazole rings is 1. The zero-order chi connectivity index (χ0) is 30.9. The van der Waals surface area contributed by atoms with E-state index in [2.05, 4.69) is 55.4 Å². The SMILES string of the molecule is CCCCCCCCCCCCCCOc1ccc(OCC(=O)Nc2ccc(C[n+]3cscc3C)cc2)cc1C(C)(C)C. The minimum Gasteiger partial charge on any atom is -0.493 e. The van der Waals surface area contributed by atoms with E-state index in [0.717, 1.165) is 36.6 Å². The van der Waals surface area contributed by atoms with Crippen molar-refractivity contribution in [2.45, 2.75) is 124 Å². The number of aromatic nitrogens is 1. The zero-order valence-corrected chi connectivity index (χ0v) is 28.2. The molecule has 0 saturated carbocycles. The average molecular weight is 608 g/mol. The lowest BCUT2D eigenvalue weighted by molar-refractivity contribution is -0.689. The molecule has 1 N–H and O–H groups in total. The van der Waals surface area contributed by atoms with Crippen LogP contribution in [0.1, 0.15) is 122 Å². The molecule has 5 nitrogen and oxygen atoms in total. The zero-order valence-electron chi connectivity index (χ0n) is 27.4. The minimum atomic E-state index is -0.180. The molecule has 0 aliphatic rings. The van der Waals surface area contributed by atoms with E-state index in [1.807, 2.05) is 42.5 Å². The molecule has 0 aliphatic heterocycles. The molecule has 1 heterocycles. The van der Waals surface area contributed by atoms with Crippen molar-refractivity contribution in [1.82, 2.24) is 0 Å². The number of hydrogen-bond donors (Lipinski definition) is 1. The normalized spacial score (nSPS) is 11.5. The number of nitrogens with one attached hydrogen (secondary N) is 1. The Balaban J connectivity index is 1.36. The molecule has 0 spiro atoms. The smallest absolute Gasteiger partial charge is 0.262 e. The molecule has 3 rings (SSSR count). The second-order valence-corrected chi connectivity index (χ2v) is 13.5. The Hall–Kier alpha value is -2.86. The number of benzene rings is 2. The Morgan fingerprint density at radius 3 is 2.05 bits per heavy atom. The molecule has 0 saturated heterocycles. The Bertz CT molecular complexity index is 1210. The van der Waals surface area contributed by atoms with E-state index in [4.69, 9.17) is 9.47 Å². The first kappa shape index (κ1) is 34.6. The number of carbonyl (C=O) groups is 1. The van der Waals surface area contributed by atoms with Gasteiger partial charge < -0.3 is 14.8 Å². The number of anilines is 1.